The molecular formula is C43H28N4O3. The number of benzene rings is 4. The fourth-order valence-corrected chi connectivity index (χ4v) is 6.85. The maximum atomic E-state index is 14.6. The second-order valence-electron chi connectivity index (χ2n) is 12.1. The number of nitrogens with zero attached hydrogens (tertiary/aromatic N) is 2. The smallest absolute Gasteiger partial charge is 0.415 e. The number of esters is 1. The second kappa shape index (κ2) is 11.9. The molecule has 238 valence electrons. The van der Waals surface area contributed by atoms with Gasteiger partial charge < -0.3 is 19.9 Å². The fourth-order valence-electron chi connectivity index (χ4n) is 6.85. The summed E-state index contributed by atoms with van der Waals surface area (Å²) in [6.45, 7) is 0. The molecule has 8 bridgehead atoms. The minimum Gasteiger partial charge on any atom is -0.615 e. The van der Waals surface area contributed by atoms with Crippen molar-refractivity contribution in [3.8, 4) is 50.4 Å². The van der Waals surface area contributed by atoms with E-state index in [-0.39, 0.29) is 11.6 Å². The number of carbonyl (C=O) groups excluding carboxylic acids is 1. The van der Waals surface area contributed by atoms with Gasteiger partial charge in [0, 0.05) is 22.2 Å². The van der Waals surface area contributed by atoms with E-state index in [1.807, 2.05) is 146 Å². The van der Waals surface area contributed by atoms with Crippen molar-refractivity contribution in [2.45, 2.75) is 0 Å². The largest absolute Gasteiger partial charge is 0.615 e. The van der Waals surface area contributed by atoms with Gasteiger partial charge in [-0.15, -0.1) is 4.73 Å². The van der Waals surface area contributed by atoms with Crippen molar-refractivity contribution in [2.75, 3.05) is 0 Å². The van der Waals surface area contributed by atoms with Crippen LogP contribution in [0, 0.1) is 5.21 Å². The minimum absolute atomic E-state index is 0.108. The normalized spacial score (nSPS) is 12.2. The molecule has 0 unspecified atom stereocenters. The van der Waals surface area contributed by atoms with Gasteiger partial charge in [0.1, 0.15) is 5.56 Å². The molecule has 7 nitrogen and oxygen atoms in total. The van der Waals surface area contributed by atoms with Crippen molar-refractivity contribution in [3.05, 3.63) is 168 Å². The zero-order chi connectivity index (χ0) is 33.6. The zero-order valence-corrected chi connectivity index (χ0v) is 26.6. The maximum absolute atomic E-state index is 14.6. The lowest BCUT2D eigenvalue weighted by Gasteiger charge is -2.06. The molecule has 0 aliphatic carbocycles. The summed E-state index contributed by atoms with van der Waals surface area (Å²) in [7, 11) is 0. The SMILES string of the molecule is O=C1Oc2c(-c3ccccc3)c3ccc([nH]3)c(-c3ccccc3)c3nc(c(-c4ccccc4)c4ccc([nH]4)c(-c4ccccc4)c1[n+]2[O-])C=C3. The summed E-state index contributed by atoms with van der Waals surface area (Å²) in [6.07, 6.45) is 4.08. The topological polar surface area (TPSA) is 97.7 Å². The number of ether oxygens (including phenoxy) is 1. The highest BCUT2D eigenvalue weighted by atomic mass is 16.6. The molecule has 2 aliphatic rings. The molecule has 0 radical (unpaired) electrons. The van der Waals surface area contributed by atoms with Crippen molar-refractivity contribution in [1.82, 2.24) is 15.0 Å². The van der Waals surface area contributed by atoms with Crippen molar-refractivity contribution in [3.63, 3.8) is 0 Å². The molecule has 4 aromatic carbocycles. The van der Waals surface area contributed by atoms with E-state index < -0.39 is 5.97 Å². The van der Waals surface area contributed by atoms with Gasteiger partial charge in [0.25, 0.3) is 0 Å². The van der Waals surface area contributed by atoms with Gasteiger partial charge in [-0.2, -0.15) is 0 Å². The first-order valence-corrected chi connectivity index (χ1v) is 16.3. The average Bonchev–Trinajstić information content (AvgIpc) is 3.98. The molecule has 9 rings (SSSR count). The Morgan fingerprint density at radius 2 is 0.840 bits per heavy atom. The summed E-state index contributed by atoms with van der Waals surface area (Å²) < 4.78 is 6.59. The highest BCUT2D eigenvalue weighted by Crippen LogP contribution is 2.39. The first-order chi connectivity index (χ1) is 24.6. The number of H-pyrrole nitrogens is 2. The summed E-state index contributed by atoms with van der Waals surface area (Å²) in [5.74, 6) is -0.844. The molecular weight excluding hydrogens is 620 g/mol. The van der Waals surface area contributed by atoms with Crippen LogP contribution in [0.15, 0.2) is 146 Å². The average molecular weight is 649 g/mol. The first-order valence-electron chi connectivity index (χ1n) is 16.3. The number of hydrogen-bond donors (Lipinski definition) is 2. The minimum atomic E-state index is -0.736. The summed E-state index contributed by atoms with van der Waals surface area (Å²) in [4.78, 5) is 26.4. The van der Waals surface area contributed by atoms with Gasteiger partial charge in [-0.3, -0.25) is 0 Å². The molecule has 2 N–H and O–H groups in total. The van der Waals surface area contributed by atoms with Crippen LogP contribution < -0.4 is 9.47 Å². The van der Waals surface area contributed by atoms with Gasteiger partial charge in [-0.1, -0.05) is 121 Å². The van der Waals surface area contributed by atoms with Crippen molar-refractivity contribution >= 4 is 40.2 Å². The van der Waals surface area contributed by atoms with Crippen LogP contribution in [-0.2, 0) is 0 Å². The third-order valence-corrected chi connectivity index (χ3v) is 9.07. The predicted molar refractivity (Wildman–Crippen MR) is 198 cm³/mol. The Kier molecular flexibility index (Phi) is 6.95. The van der Waals surface area contributed by atoms with Gasteiger partial charge in [0.15, 0.2) is 0 Å². The summed E-state index contributed by atoms with van der Waals surface area (Å²) in [6, 6.07) is 46.8. The Hall–Kier alpha value is -6.99. The van der Waals surface area contributed by atoms with Crippen molar-refractivity contribution in [2.24, 2.45) is 0 Å². The summed E-state index contributed by atoms with van der Waals surface area (Å²) in [5.41, 5.74) is 10.2. The standard InChI is InChI=1S/C43H28N4O3/c48-43-41-39(29-17-9-3-10-18-29)35-25-23-33(45-35)37(27-13-5-1-6-14-27)31-21-22-32(44-31)38(28-15-7-2-8-16-28)34-24-26-36(46-34)40(42(50-43)47(41)49)30-19-11-4-12-20-30/h1-26,45-46H. The lowest BCUT2D eigenvalue weighted by Crippen LogP contribution is -2.28. The maximum Gasteiger partial charge on any atom is 0.415 e. The molecule has 3 aromatic heterocycles. The quantitative estimate of drug-likeness (QED) is 0.113. The highest BCUT2D eigenvalue weighted by Gasteiger charge is 2.38. The van der Waals surface area contributed by atoms with Crippen LogP contribution in [0.1, 0.15) is 21.9 Å². The molecule has 0 atom stereocenters. The number of carbonyl (C=O) groups is 1. The van der Waals surface area contributed by atoms with Gasteiger partial charge >= 0.3 is 17.5 Å². The van der Waals surface area contributed by atoms with Crippen LogP contribution >= 0.6 is 0 Å². The third kappa shape index (κ3) is 4.88. The Labute approximate surface area is 287 Å². The molecule has 7 aromatic rings. The number of aromatic amines is 2. The van der Waals surface area contributed by atoms with Crippen LogP contribution in [0.4, 0.5) is 0 Å². The van der Waals surface area contributed by atoms with Crippen LogP contribution in [0.2, 0.25) is 0 Å². The predicted octanol–water partition coefficient (Wildman–Crippen LogP) is 9.61. The summed E-state index contributed by atoms with van der Waals surface area (Å²) >= 11 is 0. The van der Waals surface area contributed by atoms with Gasteiger partial charge in [0.05, 0.1) is 28.0 Å². The second-order valence-corrected chi connectivity index (χ2v) is 12.1. The molecule has 0 spiro atoms. The van der Waals surface area contributed by atoms with Crippen LogP contribution in [-0.4, -0.2) is 20.9 Å². The molecule has 5 heterocycles. The van der Waals surface area contributed by atoms with E-state index in [1.54, 1.807) is 0 Å². The summed E-state index contributed by atoms with van der Waals surface area (Å²) in [5, 5.41) is 14.6. The third-order valence-electron chi connectivity index (χ3n) is 9.07. The number of aromatic nitrogens is 4. The van der Waals surface area contributed by atoms with E-state index in [9.17, 15) is 10.0 Å². The lowest BCUT2D eigenvalue weighted by molar-refractivity contribution is -0.601. The van der Waals surface area contributed by atoms with E-state index >= 15 is 0 Å². The van der Waals surface area contributed by atoms with Gasteiger partial charge in [-0.25, -0.2) is 9.78 Å². The Balaban J connectivity index is 1.52. The lowest BCUT2D eigenvalue weighted by atomic mass is 10.0. The zero-order valence-electron chi connectivity index (χ0n) is 26.6. The monoisotopic (exact) mass is 648 g/mol. The number of rotatable bonds is 4. The number of hydrogen-bond acceptors (Lipinski definition) is 4. The Morgan fingerprint density at radius 3 is 1.28 bits per heavy atom. The highest BCUT2D eigenvalue weighted by molar-refractivity contribution is 6.03. The molecule has 50 heavy (non-hydrogen) atoms. The Morgan fingerprint density at radius 1 is 0.480 bits per heavy atom. The van der Waals surface area contributed by atoms with Crippen LogP contribution in [0.5, 0.6) is 5.88 Å². The number of nitrogens with one attached hydrogen (secondary N) is 2. The van der Waals surface area contributed by atoms with E-state index in [4.69, 9.17) is 9.72 Å². The number of fused-ring (bicyclic) bond motifs is 8. The van der Waals surface area contributed by atoms with E-state index in [0.717, 1.165) is 44.7 Å². The Bertz CT molecular complexity index is 2630. The van der Waals surface area contributed by atoms with Gasteiger partial charge in [0.2, 0.25) is 0 Å². The molecule has 0 saturated heterocycles. The van der Waals surface area contributed by atoms with Crippen molar-refractivity contribution in [1.29, 1.82) is 0 Å². The van der Waals surface area contributed by atoms with E-state index in [0.29, 0.717) is 38.0 Å². The first kappa shape index (κ1) is 29.2. The molecule has 2 aliphatic heterocycles. The van der Waals surface area contributed by atoms with Gasteiger partial charge in [-0.05, 0) is 58.7 Å². The van der Waals surface area contributed by atoms with Crippen LogP contribution in [0.3, 0.4) is 0 Å². The van der Waals surface area contributed by atoms with E-state index in [2.05, 4.69) is 22.1 Å². The fraction of sp³-hybridized carbons (Fsp3) is 0. The molecule has 0 amide bonds. The van der Waals surface area contributed by atoms with E-state index in [1.165, 1.54) is 0 Å². The molecule has 0 fully saturated rings. The molecule has 0 saturated carbocycles. The van der Waals surface area contributed by atoms with Crippen molar-refractivity contribution < 1.29 is 14.3 Å². The van der Waals surface area contributed by atoms with Crippen LogP contribution in [0.25, 0.3) is 78.7 Å². The molecule has 7 heteroatoms.